The molecule has 28 heavy (non-hydrogen) atoms. The summed E-state index contributed by atoms with van der Waals surface area (Å²) in [4.78, 5) is 38.4. The minimum absolute atomic E-state index is 0.0216. The summed E-state index contributed by atoms with van der Waals surface area (Å²) in [5.41, 5.74) is 1.77. The highest BCUT2D eigenvalue weighted by Gasteiger charge is 2.16. The third kappa shape index (κ3) is 5.18. The number of aromatic nitrogens is 3. The molecule has 0 aromatic carbocycles. The zero-order valence-corrected chi connectivity index (χ0v) is 16.8. The quantitative estimate of drug-likeness (QED) is 0.827. The Kier molecular flexibility index (Phi) is 6.79. The van der Waals surface area contributed by atoms with Crippen LogP contribution in [0.2, 0.25) is 0 Å². The van der Waals surface area contributed by atoms with Gasteiger partial charge in [-0.25, -0.2) is 9.97 Å². The topological polar surface area (TPSA) is 91.0 Å². The van der Waals surface area contributed by atoms with Crippen LogP contribution in [0.3, 0.4) is 0 Å². The van der Waals surface area contributed by atoms with E-state index >= 15 is 0 Å². The summed E-state index contributed by atoms with van der Waals surface area (Å²) in [6, 6.07) is 3.90. The average molecular weight is 383 g/mol. The second-order valence-corrected chi connectivity index (χ2v) is 7.41. The van der Waals surface area contributed by atoms with Gasteiger partial charge >= 0.3 is 0 Å². The van der Waals surface area contributed by atoms with Gasteiger partial charge in [-0.2, -0.15) is 0 Å². The summed E-state index contributed by atoms with van der Waals surface area (Å²) < 4.78 is 0. The largest absolute Gasteiger partial charge is 0.356 e. The molecule has 2 aromatic rings. The van der Waals surface area contributed by atoms with Gasteiger partial charge in [-0.15, -0.1) is 0 Å². The third-order valence-electron chi connectivity index (χ3n) is 5.18. The standard InChI is InChI=1S/C21H29N5O2/c1-15-18(21(28)25-16(2)24-15)13-19(27)23-14-17-9-8-10-22-20(17)26-11-6-4-3-5-7-12-26/h8-10H,3-7,11-14H2,1-2H3,(H,23,27)(H,24,25,28). The van der Waals surface area contributed by atoms with Crippen molar-refractivity contribution in [2.45, 2.75) is 58.9 Å². The van der Waals surface area contributed by atoms with Crippen molar-refractivity contribution in [3.05, 3.63) is 51.3 Å². The SMILES string of the molecule is Cc1nc(C)c(CC(=O)NCc2cccnc2N2CCCCCCC2)c(=O)[nH]1. The molecule has 150 valence electrons. The molecule has 1 aliphatic rings. The number of aromatic amines is 1. The van der Waals surface area contributed by atoms with E-state index < -0.39 is 0 Å². The molecule has 7 nitrogen and oxygen atoms in total. The molecule has 1 amide bonds. The molecule has 0 saturated carbocycles. The number of carbonyl (C=O) groups excluding carboxylic acids is 1. The molecular formula is C21H29N5O2. The zero-order chi connectivity index (χ0) is 19.9. The Morgan fingerprint density at radius 1 is 1.18 bits per heavy atom. The van der Waals surface area contributed by atoms with Gasteiger partial charge in [0.1, 0.15) is 11.6 Å². The van der Waals surface area contributed by atoms with Gasteiger partial charge in [-0.3, -0.25) is 9.59 Å². The van der Waals surface area contributed by atoms with Crippen LogP contribution in [0.4, 0.5) is 5.82 Å². The molecule has 0 aliphatic carbocycles. The molecule has 0 bridgehead atoms. The normalized spacial score (nSPS) is 15.0. The van der Waals surface area contributed by atoms with Crippen LogP contribution in [0.1, 0.15) is 54.7 Å². The summed E-state index contributed by atoms with van der Waals surface area (Å²) in [7, 11) is 0. The Balaban J connectivity index is 1.66. The number of pyridine rings is 1. The monoisotopic (exact) mass is 383 g/mol. The van der Waals surface area contributed by atoms with Crippen LogP contribution in [-0.4, -0.2) is 33.9 Å². The highest BCUT2D eigenvalue weighted by Crippen LogP contribution is 2.21. The molecule has 3 heterocycles. The highest BCUT2D eigenvalue weighted by molar-refractivity contribution is 5.78. The molecular weight excluding hydrogens is 354 g/mol. The van der Waals surface area contributed by atoms with E-state index in [4.69, 9.17) is 0 Å². The molecule has 0 atom stereocenters. The summed E-state index contributed by atoms with van der Waals surface area (Å²) in [6.45, 7) is 5.89. The Bertz CT molecular complexity index is 869. The Morgan fingerprint density at radius 3 is 2.61 bits per heavy atom. The number of hydrogen-bond acceptors (Lipinski definition) is 5. The molecule has 7 heteroatoms. The maximum absolute atomic E-state index is 12.4. The van der Waals surface area contributed by atoms with Crippen LogP contribution in [0.25, 0.3) is 0 Å². The molecule has 1 fully saturated rings. The lowest BCUT2D eigenvalue weighted by Crippen LogP contribution is -2.32. The minimum atomic E-state index is -0.247. The Hall–Kier alpha value is -2.70. The van der Waals surface area contributed by atoms with Crippen LogP contribution in [-0.2, 0) is 17.8 Å². The summed E-state index contributed by atoms with van der Waals surface area (Å²) in [6.07, 6.45) is 8.00. The van der Waals surface area contributed by atoms with Crippen molar-refractivity contribution in [3.8, 4) is 0 Å². The van der Waals surface area contributed by atoms with Crippen molar-refractivity contribution < 1.29 is 4.79 Å². The number of hydrogen-bond donors (Lipinski definition) is 2. The summed E-state index contributed by atoms with van der Waals surface area (Å²) in [5, 5.41) is 2.94. The van der Waals surface area contributed by atoms with Crippen molar-refractivity contribution in [1.82, 2.24) is 20.3 Å². The van der Waals surface area contributed by atoms with E-state index in [-0.39, 0.29) is 17.9 Å². The predicted molar refractivity (Wildman–Crippen MR) is 109 cm³/mol. The van der Waals surface area contributed by atoms with E-state index in [0.717, 1.165) is 24.5 Å². The number of amides is 1. The lowest BCUT2D eigenvalue weighted by molar-refractivity contribution is -0.120. The van der Waals surface area contributed by atoms with Gasteiger partial charge in [0, 0.05) is 42.7 Å². The predicted octanol–water partition coefficient (Wildman–Crippen LogP) is 2.41. The Morgan fingerprint density at radius 2 is 1.89 bits per heavy atom. The number of nitrogens with zero attached hydrogens (tertiary/aromatic N) is 3. The van der Waals surface area contributed by atoms with Gasteiger partial charge < -0.3 is 15.2 Å². The molecule has 0 spiro atoms. The smallest absolute Gasteiger partial charge is 0.254 e. The van der Waals surface area contributed by atoms with E-state index in [0.29, 0.717) is 23.6 Å². The van der Waals surface area contributed by atoms with Gasteiger partial charge in [0.05, 0.1) is 6.42 Å². The van der Waals surface area contributed by atoms with E-state index in [1.165, 1.54) is 32.1 Å². The highest BCUT2D eigenvalue weighted by atomic mass is 16.2. The molecule has 3 rings (SSSR count). The van der Waals surface area contributed by atoms with E-state index in [2.05, 4.69) is 25.2 Å². The van der Waals surface area contributed by atoms with Gasteiger partial charge in [0.25, 0.3) is 5.56 Å². The molecule has 2 aromatic heterocycles. The number of aryl methyl sites for hydroxylation is 2. The second-order valence-electron chi connectivity index (χ2n) is 7.41. The van der Waals surface area contributed by atoms with Gasteiger partial charge in [0.2, 0.25) is 5.91 Å². The van der Waals surface area contributed by atoms with E-state index in [1.807, 2.05) is 12.1 Å². The molecule has 1 aliphatic heterocycles. The average Bonchev–Trinajstić information content (AvgIpc) is 2.63. The van der Waals surface area contributed by atoms with Gasteiger partial charge in [-0.05, 0) is 32.8 Å². The fourth-order valence-corrected chi connectivity index (χ4v) is 3.69. The lowest BCUT2D eigenvalue weighted by atomic mass is 10.1. The van der Waals surface area contributed by atoms with Crippen molar-refractivity contribution in [2.24, 2.45) is 0 Å². The summed E-state index contributed by atoms with van der Waals surface area (Å²) >= 11 is 0. The third-order valence-corrected chi connectivity index (χ3v) is 5.18. The first kappa shape index (κ1) is 20.0. The van der Waals surface area contributed by atoms with Crippen molar-refractivity contribution >= 4 is 11.7 Å². The van der Waals surface area contributed by atoms with Crippen LogP contribution in [0.5, 0.6) is 0 Å². The number of nitrogens with one attached hydrogen (secondary N) is 2. The van der Waals surface area contributed by atoms with E-state index in [9.17, 15) is 9.59 Å². The first-order valence-electron chi connectivity index (χ1n) is 10.1. The molecule has 0 unspecified atom stereocenters. The minimum Gasteiger partial charge on any atom is -0.356 e. The zero-order valence-electron chi connectivity index (χ0n) is 16.8. The van der Waals surface area contributed by atoms with Gasteiger partial charge in [0.15, 0.2) is 0 Å². The fraction of sp³-hybridized carbons (Fsp3) is 0.524. The van der Waals surface area contributed by atoms with Gasteiger partial charge in [-0.1, -0.05) is 25.3 Å². The number of H-pyrrole nitrogens is 1. The Labute approximate surface area is 165 Å². The fourth-order valence-electron chi connectivity index (χ4n) is 3.69. The molecule has 2 N–H and O–H groups in total. The maximum atomic E-state index is 12.4. The molecule has 0 radical (unpaired) electrons. The van der Waals surface area contributed by atoms with Crippen LogP contribution in [0, 0.1) is 13.8 Å². The van der Waals surface area contributed by atoms with Crippen LogP contribution < -0.4 is 15.8 Å². The first-order chi connectivity index (χ1) is 13.5. The maximum Gasteiger partial charge on any atom is 0.254 e. The molecule has 1 saturated heterocycles. The number of carbonyl (C=O) groups is 1. The van der Waals surface area contributed by atoms with Crippen molar-refractivity contribution in [2.75, 3.05) is 18.0 Å². The second kappa shape index (κ2) is 9.48. The van der Waals surface area contributed by atoms with Crippen molar-refractivity contribution in [1.29, 1.82) is 0 Å². The lowest BCUT2D eigenvalue weighted by Gasteiger charge is -2.27. The van der Waals surface area contributed by atoms with Crippen LogP contribution in [0.15, 0.2) is 23.1 Å². The number of anilines is 1. The van der Waals surface area contributed by atoms with Crippen molar-refractivity contribution in [3.63, 3.8) is 0 Å². The summed E-state index contributed by atoms with van der Waals surface area (Å²) in [5.74, 6) is 1.32. The number of rotatable bonds is 5. The van der Waals surface area contributed by atoms with Crippen LogP contribution >= 0.6 is 0 Å². The van der Waals surface area contributed by atoms with E-state index in [1.54, 1.807) is 20.0 Å². The first-order valence-corrected chi connectivity index (χ1v) is 10.1.